The molecule has 0 atom stereocenters. The molecule has 0 bridgehead atoms. The summed E-state index contributed by atoms with van der Waals surface area (Å²) in [7, 11) is 0. The molecule has 6 aliphatic rings. The van der Waals surface area contributed by atoms with Crippen LogP contribution in [0.25, 0.3) is 0 Å². The highest BCUT2D eigenvalue weighted by Gasteiger charge is 2.40. The summed E-state index contributed by atoms with van der Waals surface area (Å²) in [5.74, 6) is -0.630. The van der Waals surface area contributed by atoms with Crippen molar-refractivity contribution >= 4 is 71.6 Å². The van der Waals surface area contributed by atoms with E-state index in [2.05, 4.69) is 103 Å². The molecular weight excluding hydrogens is 1530 g/mol. The maximum Gasteiger partial charge on any atom is 0.331 e. The summed E-state index contributed by atoms with van der Waals surface area (Å²) in [6.07, 6.45) is 38.5. The van der Waals surface area contributed by atoms with Crippen molar-refractivity contribution in [1.82, 2.24) is 58.8 Å². The number of nitrogens with zero attached hydrogens (tertiary/aromatic N) is 12. The molecule has 0 aliphatic carbocycles. The Morgan fingerprint density at radius 1 is 0.233 bits per heavy atom. The van der Waals surface area contributed by atoms with Crippen molar-refractivity contribution in [2.75, 3.05) is 138 Å². The molecule has 6 saturated heterocycles. The van der Waals surface area contributed by atoms with Gasteiger partial charge in [0.25, 0.3) is 17.7 Å². The zero-order valence-electron chi connectivity index (χ0n) is 77.5. The fraction of sp³-hybridized carbons (Fsp3) is 0.806. The SMILES string of the molecule is C=CN1CC(=O)N(CCC(C)(C)CCCCOCCCCC(C)(C)CCCCN2C(=O)CN(CC)C2=O)C1=O.C=CN1CC(=O)N(CCCC(C)(C)CCCCOCCCCC(C)(C)CCCCN2C(=O)CN(CC)C2=O)C1=O.C=CN1CC(=O)N(CCCCC(C)(C)CCCCOCCCCC(C)(C)CCCCN2C(=O)CN(CC)C2=O)C1=O. The van der Waals surface area contributed by atoms with Crippen LogP contribution >= 0.6 is 0 Å². The minimum Gasteiger partial charge on any atom is -0.381 e. The number of imide groups is 6. The number of unbranched alkanes of at least 4 members (excludes halogenated alkanes) is 10. The van der Waals surface area contributed by atoms with Crippen LogP contribution in [-0.4, -0.2) is 268 Å². The van der Waals surface area contributed by atoms with Gasteiger partial charge < -0.3 is 28.9 Å². The fourth-order valence-electron chi connectivity index (χ4n) is 16.5. The topological polar surface area (TPSA) is 271 Å². The van der Waals surface area contributed by atoms with E-state index in [1.165, 1.54) is 62.7 Å². The third kappa shape index (κ3) is 37.8. The molecule has 0 spiro atoms. The van der Waals surface area contributed by atoms with Gasteiger partial charge in [-0.05, 0) is 201 Å². The number of likely N-dealkylation sites (N-methyl/N-ethyl adjacent to an activating group) is 3. The van der Waals surface area contributed by atoms with Crippen LogP contribution in [-0.2, 0) is 43.0 Å². The second kappa shape index (κ2) is 53.0. The van der Waals surface area contributed by atoms with E-state index in [9.17, 15) is 57.5 Å². The van der Waals surface area contributed by atoms with Gasteiger partial charge in [-0.3, -0.25) is 72.9 Å². The Morgan fingerprint density at radius 3 is 0.608 bits per heavy atom. The van der Waals surface area contributed by atoms with Crippen LogP contribution in [0.1, 0.15) is 316 Å². The number of urea groups is 6. The van der Waals surface area contributed by atoms with Gasteiger partial charge in [-0.25, -0.2) is 28.8 Å². The van der Waals surface area contributed by atoms with Crippen LogP contribution in [0.3, 0.4) is 0 Å². The molecule has 0 aromatic rings. The summed E-state index contributed by atoms with van der Waals surface area (Å²) in [4.78, 5) is 162. The molecule has 27 nitrogen and oxygen atoms in total. The smallest absolute Gasteiger partial charge is 0.331 e. The van der Waals surface area contributed by atoms with E-state index in [1.807, 2.05) is 20.8 Å². The van der Waals surface area contributed by atoms with Crippen molar-refractivity contribution in [2.45, 2.75) is 316 Å². The van der Waals surface area contributed by atoms with Crippen LogP contribution < -0.4 is 0 Å². The lowest BCUT2D eigenvalue weighted by atomic mass is 9.82. The van der Waals surface area contributed by atoms with Crippen LogP contribution in [0.5, 0.6) is 0 Å². The summed E-state index contributed by atoms with van der Waals surface area (Å²) in [6.45, 7) is 54.3. The number of ether oxygens (including phenoxy) is 3. The highest BCUT2D eigenvalue weighted by molar-refractivity contribution is 6.05. The van der Waals surface area contributed by atoms with Gasteiger partial charge in [-0.15, -0.1) is 0 Å². The van der Waals surface area contributed by atoms with Gasteiger partial charge in [0, 0.05) is 117 Å². The molecule has 684 valence electrons. The second-order valence-corrected chi connectivity index (χ2v) is 38.7. The molecule has 6 aliphatic heterocycles. The van der Waals surface area contributed by atoms with Crippen LogP contribution in [0, 0.1) is 32.5 Å². The van der Waals surface area contributed by atoms with Gasteiger partial charge in [0.2, 0.25) is 17.7 Å². The Morgan fingerprint density at radius 2 is 0.408 bits per heavy atom. The lowest BCUT2D eigenvalue weighted by Gasteiger charge is -2.26. The van der Waals surface area contributed by atoms with E-state index < -0.39 is 0 Å². The molecule has 6 heterocycles. The van der Waals surface area contributed by atoms with Gasteiger partial charge in [0.05, 0.1) is 0 Å². The predicted molar refractivity (Wildman–Crippen MR) is 473 cm³/mol. The number of carbonyl (C=O) groups is 12. The van der Waals surface area contributed by atoms with Gasteiger partial charge in [-0.1, -0.05) is 167 Å². The molecule has 0 unspecified atom stereocenters. The molecule has 18 amide bonds. The summed E-state index contributed by atoms with van der Waals surface area (Å²) in [5, 5.41) is 0. The Kier molecular flexibility index (Phi) is 46.4. The second-order valence-electron chi connectivity index (χ2n) is 38.7. The third-order valence-corrected chi connectivity index (χ3v) is 25.0. The van der Waals surface area contributed by atoms with Gasteiger partial charge in [-0.2, -0.15) is 0 Å². The highest BCUT2D eigenvalue weighted by Crippen LogP contribution is 2.36. The largest absolute Gasteiger partial charge is 0.381 e. The maximum absolute atomic E-state index is 12.2. The van der Waals surface area contributed by atoms with E-state index >= 15 is 0 Å². The summed E-state index contributed by atoms with van der Waals surface area (Å²) < 4.78 is 17.6. The Bertz CT molecular complexity index is 3280. The lowest BCUT2D eigenvalue weighted by Crippen LogP contribution is -2.34. The van der Waals surface area contributed by atoms with Crippen LogP contribution in [0.2, 0.25) is 0 Å². The summed E-state index contributed by atoms with van der Waals surface area (Å²) in [6, 6.07) is -1.18. The lowest BCUT2D eigenvalue weighted by molar-refractivity contribution is -0.126. The molecular formula is C93H162N12O15. The van der Waals surface area contributed by atoms with Crippen molar-refractivity contribution in [3.63, 3.8) is 0 Å². The average Bonchev–Trinajstić information content (AvgIpc) is 1.89. The van der Waals surface area contributed by atoms with Gasteiger partial charge in [0.15, 0.2) is 0 Å². The highest BCUT2D eigenvalue weighted by atomic mass is 16.5. The first kappa shape index (κ1) is 105. The van der Waals surface area contributed by atoms with Crippen molar-refractivity contribution in [2.24, 2.45) is 32.5 Å². The van der Waals surface area contributed by atoms with E-state index in [-0.39, 0.29) is 143 Å². The number of hydrogen-bond acceptors (Lipinski definition) is 15. The molecule has 27 heteroatoms. The standard InChI is InChI=1S/C32H56N4O5.C31H54N4O5.C30H52N4O5/c1-7-33-25-27(37)35(29(33)39)21-13-9-17-31(3,4)19-11-15-23-41-24-16-12-20-32(5,6)18-10-14-22-36-28(38)26-34(8-2)30(36)40;1-7-32-24-26(36)34(28(32)38)20-12-9-16-30(3,4)17-10-13-22-40-23-14-11-18-31(5,6)19-15-21-35-27(37)25-33(8-2)29(35)39;1-7-31-23-25(35)33(27(31)37)19-12-9-15-29(3,4)16-10-13-21-39-22-14-11-17-30(5,6)18-20-34-26(36)24-32(8-2)28(34)38/h7H,1,8-26H2,2-6H3;8H,2,7,9-25H2,1,3-6H3;8H,2,7,9-24H2,1,3-6H3. The monoisotopic (exact) mass is 1690 g/mol. The number of carbonyl (C=O) groups excluding carboxylic acids is 12. The fourth-order valence-corrected chi connectivity index (χ4v) is 16.5. The molecule has 0 saturated carbocycles. The zero-order chi connectivity index (χ0) is 89.3. The molecule has 6 fully saturated rings. The predicted octanol–water partition coefficient (Wildman–Crippen LogP) is 18.1. The number of rotatable bonds is 63. The first-order valence-corrected chi connectivity index (χ1v) is 45.9. The third-order valence-electron chi connectivity index (χ3n) is 25.0. The number of amides is 18. The molecule has 0 aromatic heterocycles. The van der Waals surface area contributed by atoms with Crippen LogP contribution in [0.4, 0.5) is 28.8 Å². The zero-order valence-corrected chi connectivity index (χ0v) is 77.5. The van der Waals surface area contributed by atoms with Crippen LogP contribution in [0.15, 0.2) is 38.3 Å². The van der Waals surface area contributed by atoms with Gasteiger partial charge in [0.1, 0.15) is 39.3 Å². The summed E-state index contributed by atoms with van der Waals surface area (Å²) >= 11 is 0. The Labute approximate surface area is 723 Å². The Balaban J connectivity index is 0.000000378. The normalized spacial score (nSPS) is 16.7. The maximum atomic E-state index is 12.2. The van der Waals surface area contributed by atoms with E-state index in [0.717, 1.165) is 252 Å². The van der Waals surface area contributed by atoms with E-state index in [4.69, 9.17) is 14.2 Å². The van der Waals surface area contributed by atoms with Crippen molar-refractivity contribution in [3.8, 4) is 0 Å². The first-order chi connectivity index (χ1) is 56.7. The number of hydrogen-bond donors (Lipinski definition) is 0. The quantitative estimate of drug-likeness (QED) is 0.0404. The van der Waals surface area contributed by atoms with E-state index in [0.29, 0.717) is 58.9 Å². The minimum atomic E-state index is -0.265. The van der Waals surface area contributed by atoms with Crippen molar-refractivity contribution in [1.29, 1.82) is 0 Å². The van der Waals surface area contributed by atoms with Gasteiger partial charge >= 0.3 is 36.2 Å². The van der Waals surface area contributed by atoms with Crippen molar-refractivity contribution in [3.05, 3.63) is 38.3 Å². The molecule has 6 rings (SSSR count). The average molecular weight is 1690 g/mol. The minimum absolute atomic E-state index is 0.0587. The molecule has 0 N–H and O–H groups in total. The first-order valence-electron chi connectivity index (χ1n) is 45.9. The van der Waals surface area contributed by atoms with E-state index in [1.54, 1.807) is 14.7 Å². The molecule has 0 radical (unpaired) electrons. The Hall–Kier alpha value is -7.26. The van der Waals surface area contributed by atoms with Crippen molar-refractivity contribution < 1.29 is 71.7 Å². The summed E-state index contributed by atoms with van der Waals surface area (Å²) in [5.41, 5.74) is 1.22. The molecule has 0 aromatic carbocycles. The molecule has 120 heavy (non-hydrogen) atoms.